The molecule has 0 saturated carbocycles. The molecule has 0 saturated heterocycles. The third kappa shape index (κ3) is 4.87. The van der Waals surface area contributed by atoms with E-state index in [2.05, 4.69) is 35.5 Å². The Bertz CT molecular complexity index is 452. The first kappa shape index (κ1) is 11.3. The second-order valence-corrected chi connectivity index (χ2v) is 3.19. The van der Waals surface area contributed by atoms with E-state index in [0.29, 0.717) is 12.4 Å². The first-order chi connectivity index (χ1) is 7.33. The van der Waals surface area contributed by atoms with Crippen LogP contribution in [0.15, 0.2) is 24.0 Å². The smallest absolute Gasteiger partial charge is 0.127 e. The topological polar surface area (TPSA) is 9.23 Å². The van der Waals surface area contributed by atoms with Crippen LogP contribution in [0.3, 0.4) is 0 Å². The first-order valence-corrected chi connectivity index (χ1v) is 4.84. The molecule has 0 radical (unpaired) electrons. The Morgan fingerprint density at radius 3 is 2.87 bits per heavy atom. The molecule has 0 aromatic rings. The molecule has 1 unspecified atom stereocenters. The molecular weight excluding hydrogens is 208 g/mol. The molecule has 0 aromatic heterocycles. The maximum atomic E-state index is 5.79. The Labute approximate surface area is 95.1 Å². The Morgan fingerprint density at radius 2 is 2.20 bits per heavy atom. The highest BCUT2D eigenvalue weighted by Gasteiger charge is 2.06. The molecule has 0 spiro atoms. The van der Waals surface area contributed by atoms with Gasteiger partial charge in [-0.05, 0) is 36.7 Å². The van der Waals surface area contributed by atoms with Crippen LogP contribution in [0.5, 0.6) is 0 Å². The van der Waals surface area contributed by atoms with Gasteiger partial charge in [0.15, 0.2) is 0 Å². The third-order valence-corrected chi connectivity index (χ3v) is 1.75. The summed E-state index contributed by atoms with van der Waals surface area (Å²) in [7, 11) is 0. The van der Waals surface area contributed by atoms with Crippen LogP contribution in [0, 0.1) is 35.5 Å². The largest absolute Gasteiger partial charge is 0.491 e. The molecule has 0 aromatic carbocycles. The van der Waals surface area contributed by atoms with E-state index >= 15 is 0 Å². The zero-order valence-electron chi connectivity index (χ0n) is 8.30. The van der Waals surface area contributed by atoms with Crippen LogP contribution in [0.2, 0.25) is 0 Å². The van der Waals surface area contributed by atoms with E-state index in [-0.39, 0.29) is 5.38 Å². The molecule has 1 rings (SSSR count). The highest BCUT2D eigenvalue weighted by molar-refractivity contribution is 6.22. The fraction of sp³-hybridized carbons (Fsp3) is 0.231. The first-order valence-electron chi connectivity index (χ1n) is 4.40. The Morgan fingerprint density at radius 1 is 1.40 bits per heavy atom. The van der Waals surface area contributed by atoms with E-state index in [1.165, 1.54) is 0 Å². The number of hydrogen-bond acceptors (Lipinski definition) is 1. The number of halogens is 1. The van der Waals surface area contributed by atoms with E-state index in [1.807, 2.05) is 6.08 Å². The molecule has 0 amide bonds. The van der Waals surface area contributed by atoms with Crippen molar-refractivity contribution in [2.75, 3.05) is 6.61 Å². The SMILES string of the molecule is CC#CC#CC#CC=C1C=CC(Cl)CO1. The van der Waals surface area contributed by atoms with Crippen LogP contribution < -0.4 is 0 Å². The molecule has 1 aliphatic heterocycles. The van der Waals surface area contributed by atoms with Gasteiger partial charge in [0.2, 0.25) is 0 Å². The summed E-state index contributed by atoms with van der Waals surface area (Å²) in [5.41, 5.74) is 0. The Hall–Kier alpha value is -1.75. The molecule has 1 aliphatic rings. The van der Waals surface area contributed by atoms with Gasteiger partial charge in [0.05, 0.1) is 5.38 Å². The predicted octanol–water partition coefficient (Wildman–Crippen LogP) is 2.09. The van der Waals surface area contributed by atoms with Crippen LogP contribution in [0.25, 0.3) is 0 Å². The van der Waals surface area contributed by atoms with E-state index in [4.69, 9.17) is 16.3 Å². The fourth-order valence-electron chi connectivity index (χ4n) is 0.837. The molecule has 0 aliphatic carbocycles. The van der Waals surface area contributed by atoms with E-state index in [9.17, 15) is 0 Å². The molecule has 0 fully saturated rings. The molecule has 1 heterocycles. The van der Waals surface area contributed by atoms with Crippen LogP contribution in [-0.2, 0) is 4.74 Å². The second kappa shape index (κ2) is 6.67. The lowest BCUT2D eigenvalue weighted by atomic mass is 10.3. The van der Waals surface area contributed by atoms with E-state index < -0.39 is 0 Å². The van der Waals surface area contributed by atoms with Crippen LogP contribution >= 0.6 is 11.6 Å². The molecule has 0 bridgehead atoms. The summed E-state index contributed by atoms with van der Waals surface area (Å²) >= 11 is 5.79. The minimum Gasteiger partial charge on any atom is -0.491 e. The third-order valence-electron chi connectivity index (χ3n) is 1.48. The lowest BCUT2D eigenvalue weighted by Crippen LogP contribution is -2.09. The predicted molar refractivity (Wildman–Crippen MR) is 61.8 cm³/mol. The molecule has 1 atom stereocenters. The van der Waals surface area contributed by atoms with Gasteiger partial charge in [0.25, 0.3) is 0 Å². The normalized spacial score (nSPS) is 19.9. The number of ether oxygens (including phenoxy) is 1. The summed E-state index contributed by atoms with van der Waals surface area (Å²) in [5, 5.41) is -0.0465. The summed E-state index contributed by atoms with van der Waals surface area (Å²) in [5.74, 6) is 16.5. The maximum absolute atomic E-state index is 5.79. The van der Waals surface area contributed by atoms with Gasteiger partial charge < -0.3 is 4.74 Å². The quantitative estimate of drug-likeness (QED) is 0.445. The summed E-state index contributed by atoms with van der Waals surface area (Å²) in [6.07, 6.45) is 5.33. The molecule has 0 N–H and O–H groups in total. The fourth-order valence-corrected chi connectivity index (χ4v) is 0.973. The van der Waals surface area contributed by atoms with Gasteiger partial charge in [-0.2, -0.15) is 0 Å². The zero-order valence-corrected chi connectivity index (χ0v) is 9.06. The minimum absolute atomic E-state index is 0.0465. The van der Waals surface area contributed by atoms with Gasteiger partial charge in [-0.1, -0.05) is 17.9 Å². The minimum atomic E-state index is -0.0465. The van der Waals surface area contributed by atoms with Crippen molar-refractivity contribution in [3.63, 3.8) is 0 Å². The summed E-state index contributed by atoms with van der Waals surface area (Å²) in [4.78, 5) is 0. The Balaban J connectivity index is 2.54. The van der Waals surface area contributed by atoms with Crippen molar-refractivity contribution >= 4 is 11.6 Å². The van der Waals surface area contributed by atoms with Gasteiger partial charge in [0.1, 0.15) is 12.4 Å². The monoisotopic (exact) mass is 216 g/mol. The molecule has 1 nitrogen and oxygen atoms in total. The average molecular weight is 217 g/mol. The highest BCUT2D eigenvalue weighted by Crippen LogP contribution is 2.11. The van der Waals surface area contributed by atoms with Crippen molar-refractivity contribution in [3.05, 3.63) is 24.0 Å². The molecular formula is C13H9ClO. The van der Waals surface area contributed by atoms with Gasteiger partial charge in [-0.3, -0.25) is 0 Å². The summed E-state index contributed by atoms with van der Waals surface area (Å²) < 4.78 is 5.28. The molecule has 15 heavy (non-hydrogen) atoms. The number of alkyl halides is 1. The van der Waals surface area contributed by atoms with E-state index in [1.54, 1.807) is 19.1 Å². The van der Waals surface area contributed by atoms with Crippen molar-refractivity contribution in [2.24, 2.45) is 0 Å². The van der Waals surface area contributed by atoms with Gasteiger partial charge in [-0.15, -0.1) is 11.6 Å². The van der Waals surface area contributed by atoms with E-state index in [0.717, 1.165) is 0 Å². The summed E-state index contributed by atoms with van der Waals surface area (Å²) in [6, 6.07) is 0. The second-order valence-electron chi connectivity index (χ2n) is 2.63. The number of allylic oxidation sites excluding steroid dienone is 2. The van der Waals surface area contributed by atoms with Crippen molar-refractivity contribution < 1.29 is 4.74 Å². The van der Waals surface area contributed by atoms with Gasteiger partial charge in [-0.25, -0.2) is 0 Å². The van der Waals surface area contributed by atoms with Crippen LogP contribution in [0.1, 0.15) is 6.92 Å². The number of rotatable bonds is 0. The molecule has 74 valence electrons. The number of hydrogen-bond donors (Lipinski definition) is 0. The maximum Gasteiger partial charge on any atom is 0.127 e. The standard InChI is InChI=1S/C13H9ClO/c1-2-3-4-5-6-7-8-13-10-9-12(14)11-15-13/h8-10,12H,11H2,1H3. The zero-order chi connectivity index (χ0) is 10.9. The lowest BCUT2D eigenvalue weighted by Gasteiger charge is -2.13. The van der Waals surface area contributed by atoms with Crippen molar-refractivity contribution in [1.29, 1.82) is 0 Å². The van der Waals surface area contributed by atoms with Crippen molar-refractivity contribution in [3.8, 4) is 35.5 Å². The van der Waals surface area contributed by atoms with Crippen molar-refractivity contribution in [1.82, 2.24) is 0 Å². The van der Waals surface area contributed by atoms with Crippen molar-refractivity contribution in [2.45, 2.75) is 12.3 Å². The average Bonchev–Trinajstić information content (AvgIpc) is 2.26. The van der Waals surface area contributed by atoms with Gasteiger partial charge >= 0.3 is 0 Å². The molecule has 2 heteroatoms. The van der Waals surface area contributed by atoms with Crippen LogP contribution in [0.4, 0.5) is 0 Å². The highest BCUT2D eigenvalue weighted by atomic mass is 35.5. The Kier molecular flexibility index (Phi) is 5.03. The lowest BCUT2D eigenvalue weighted by molar-refractivity contribution is 0.224. The summed E-state index contributed by atoms with van der Waals surface area (Å²) in [6.45, 7) is 2.21. The van der Waals surface area contributed by atoms with Crippen LogP contribution in [-0.4, -0.2) is 12.0 Å². The van der Waals surface area contributed by atoms with Gasteiger partial charge in [0, 0.05) is 6.08 Å².